The Morgan fingerprint density at radius 3 is 2.89 bits per heavy atom. The third-order valence-electron chi connectivity index (χ3n) is 3.78. The molecule has 1 aromatic rings. The van der Waals surface area contributed by atoms with Gasteiger partial charge in [0, 0.05) is 37.9 Å². The number of nitrogens with zero attached hydrogens (tertiary/aromatic N) is 3. The number of aliphatic hydroxyl groups is 1. The molecule has 2 atom stereocenters. The predicted octanol–water partition coefficient (Wildman–Crippen LogP) is 1.60. The molecule has 0 spiro atoms. The minimum absolute atomic E-state index is 0.130. The Kier molecular flexibility index (Phi) is 4.24. The fourth-order valence-electron chi connectivity index (χ4n) is 2.66. The van der Waals surface area contributed by atoms with E-state index in [9.17, 15) is 9.90 Å². The molecule has 1 aliphatic rings. The molecular formula is C14H23N3O2. The summed E-state index contributed by atoms with van der Waals surface area (Å²) >= 11 is 0. The third-order valence-corrected chi connectivity index (χ3v) is 3.78. The lowest BCUT2D eigenvalue weighted by Gasteiger charge is -2.23. The van der Waals surface area contributed by atoms with E-state index in [2.05, 4.69) is 11.9 Å². The lowest BCUT2D eigenvalue weighted by molar-refractivity contribution is -0.131. The average molecular weight is 265 g/mol. The Labute approximate surface area is 114 Å². The molecule has 2 unspecified atom stereocenters. The summed E-state index contributed by atoms with van der Waals surface area (Å²) in [4.78, 5) is 18.1. The average Bonchev–Trinajstić information content (AvgIpc) is 2.97. The zero-order chi connectivity index (χ0) is 13.9. The summed E-state index contributed by atoms with van der Waals surface area (Å²) in [6.45, 7) is 5.03. The van der Waals surface area contributed by atoms with Crippen LogP contribution in [-0.4, -0.2) is 44.2 Å². The van der Waals surface area contributed by atoms with E-state index in [0.717, 1.165) is 12.8 Å². The van der Waals surface area contributed by atoms with Crippen molar-refractivity contribution < 1.29 is 9.90 Å². The van der Waals surface area contributed by atoms with E-state index in [-0.39, 0.29) is 11.9 Å². The minimum Gasteiger partial charge on any atom is -0.388 e. The highest BCUT2D eigenvalue weighted by Crippen LogP contribution is 2.24. The first kappa shape index (κ1) is 14.1. The summed E-state index contributed by atoms with van der Waals surface area (Å²) in [6, 6.07) is 0.172. The number of amides is 1. The highest BCUT2D eigenvalue weighted by atomic mass is 16.3. The second-order valence-corrected chi connectivity index (χ2v) is 5.72. The zero-order valence-electron chi connectivity index (χ0n) is 11.7. The lowest BCUT2D eigenvalue weighted by atomic mass is 10.1. The van der Waals surface area contributed by atoms with Crippen LogP contribution in [0.5, 0.6) is 0 Å². The van der Waals surface area contributed by atoms with Crippen LogP contribution in [0.4, 0.5) is 0 Å². The van der Waals surface area contributed by atoms with Gasteiger partial charge in [0.2, 0.25) is 5.91 Å². The smallest absolute Gasteiger partial charge is 0.224 e. The molecule has 1 saturated heterocycles. The molecule has 0 radical (unpaired) electrons. The number of β-amino-alcohol motifs (C(OH)–C–C–N with tert-alkyl or cyclic N) is 1. The summed E-state index contributed by atoms with van der Waals surface area (Å²) in [5.41, 5.74) is -0.717. The van der Waals surface area contributed by atoms with Crippen molar-refractivity contribution in [2.24, 2.45) is 0 Å². The maximum atomic E-state index is 12.3. The summed E-state index contributed by atoms with van der Waals surface area (Å²) in [5.74, 6) is 0.130. The van der Waals surface area contributed by atoms with Gasteiger partial charge in [0.05, 0.1) is 11.9 Å². The molecule has 0 aliphatic carbocycles. The maximum absolute atomic E-state index is 12.3. The van der Waals surface area contributed by atoms with Crippen LogP contribution in [0.15, 0.2) is 18.7 Å². The van der Waals surface area contributed by atoms with Crippen LogP contribution >= 0.6 is 0 Å². The van der Waals surface area contributed by atoms with Gasteiger partial charge in [-0.1, -0.05) is 13.3 Å². The second-order valence-electron chi connectivity index (χ2n) is 5.72. The van der Waals surface area contributed by atoms with Crippen molar-refractivity contribution in [3.63, 3.8) is 0 Å². The van der Waals surface area contributed by atoms with Crippen molar-refractivity contribution in [2.75, 3.05) is 13.1 Å². The fourth-order valence-corrected chi connectivity index (χ4v) is 2.66. The van der Waals surface area contributed by atoms with Crippen LogP contribution in [-0.2, 0) is 4.79 Å². The summed E-state index contributed by atoms with van der Waals surface area (Å²) in [7, 11) is 0. The molecule has 19 heavy (non-hydrogen) atoms. The normalized spacial score (nSPS) is 24.7. The molecule has 1 aliphatic heterocycles. The molecule has 2 rings (SSSR count). The Morgan fingerprint density at radius 1 is 1.58 bits per heavy atom. The van der Waals surface area contributed by atoms with Crippen LogP contribution in [0.25, 0.3) is 0 Å². The van der Waals surface area contributed by atoms with E-state index < -0.39 is 5.60 Å². The molecule has 106 valence electrons. The van der Waals surface area contributed by atoms with Gasteiger partial charge in [0.15, 0.2) is 0 Å². The Hall–Kier alpha value is -1.36. The topological polar surface area (TPSA) is 58.4 Å². The molecule has 1 fully saturated rings. The Morgan fingerprint density at radius 2 is 2.37 bits per heavy atom. The van der Waals surface area contributed by atoms with Gasteiger partial charge in [-0.3, -0.25) is 4.79 Å². The van der Waals surface area contributed by atoms with E-state index in [1.807, 2.05) is 10.8 Å². The first-order valence-electron chi connectivity index (χ1n) is 6.99. The monoisotopic (exact) mass is 265 g/mol. The highest BCUT2D eigenvalue weighted by molar-refractivity contribution is 5.77. The molecule has 1 amide bonds. The van der Waals surface area contributed by atoms with Gasteiger partial charge in [-0.05, 0) is 19.8 Å². The van der Waals surface area contributed by atoms with Crippen LogP contribution in [0.1, 0.15) is 45.6 Å². The molecule has 0 aromatic carbocycles. The number of aromatic nitrogens is 2. The van der Waals surface area contributed by atoms with Crippen LogP contribution in [0, 0.1) is 0 Å². The predicted molar refractivity (Wildman–Crippen MR) is 72.6 cm³/mol. The van der Waals surface area contributed by atoms with Crippen LogP contribution in [0.2, 0.25) is 0 Å². The van der Waals surface area contributed by atoms with E-state index in [4.69, 9.17) is 0 Å². The van der Waals surface area contributed by atoms with Crippen molar-refractivity contribution in [1.82, 2.24) is 14.5 Å². The van der Waals surface area contributed by atoms with Gasteiger partial charge in [-0.2, -0.15) is 0 Å². The Bertz CT molecular complexity index is 414. The third kappa shape index (κ3) is 3.56. The van der Waals surface area contributed by atoms with E-state index in [1.165, 1.54) is 0 Å². The molecule has 2 heterocycles. The van der Waals surface area contributed by atoms with Gasteiger partial charge in [-0.15, -0.1) is 0 Å². The van der Waals surface area contributed by atoms with Crippen molar-refractivity contribution in [3.05, 3.63) is 18.7 Å². The molecule has 1 N–H and O–H groups in total. The van der Waals surface area contributed by atoms with E-state index in [1.54, 1.807) is 24.3 Å². The van der Waals surface area contributed by atoms with Crippen LogP contribution in [0.3, 0.4) is 0 Å². The minimum atomic E-state index is -0.717. The number of carbonyl (C=O) groups excluding carboxylic acids is 1. The lowest BCUT2D eigenvalue weighted by Crippen LogP contribution is -2.35. The molecule has 0 saturated carbocycles. The fraction of sp³-hybridized carbons (Fsp3) is 0.714. The zero-order valence-corrected chi connectivity index (χ0v) is 11.7. The van der Waals surface area contributed by atoms with Crippen molar-refractivity contribution in [3.8, 4) is 0 Å². The summed E-state index contributed by atoms with van der Waals surface area (Å²) in [6.07, 6.45) is 8.58. The van der Waals surface area contributed by atoms with E-state index in [0.29, 0.717) is 25.9 Å². The molecule has 1 aromatic heterocycles. The first-order valence-corrected chi connectivity index (χ1v) is 6.99. The number of hydrogen-bond donors (Lipinski definition) is 1. The second kappa shape index (κ2) is 5.74. The van der Waals surface area contributed by atoms with Crippen LogP contribution < -0.4 is 0 Å². The van der Waals surface area contributed by atoms with Crippen molar-refractivity contribution >= 4 is 5.91 Å². The van der Waals surface area contributed by atoms with Gasteiger partial charge in [0.25, 0.3) is 0 Å². The summed E-state index contributed by atoms with van der Waals surface area (Å²) in [5, 5.41) is 9.93. The first-order chi connectivity index (χ1) is 9.02. The maximum Gasteiger partial charge on any atom is 0.224 e. The van der Waals surface area contributed by atoms with Gasteiger partial charge < -0.3 is 14.6 Å². The SMILES string of the molecule is CCCC(CC(=O)N1CCC(C)(O)C1)n1ccnc1. The molecule has 5 heteroatoms. The van der Waals surface area contributed by atoms with Crippen molar-refractivity contribution in [2.45, 2.75) is 51.2 Å². The molecule has 5 nitrogen and oxygen atoms in total. The van der Waals surface area contributed by atoms with Crippen molar-refractivity contribution in [1.29, 1.82) is 0 Å². The largest absolute Gasteiger partial charge is 0.388 e. The number of hydrogen-bond acceptors (Lipinski definition) is 3. The molecule has 0 bridgehead atoms. The quantitative estimate of drug-likeness (QED) is 0.879. The number of carbonyl (C=O) groups is 1. The van der Waals surface area contributed by atoms with Gasteiger partial charge in [-0.25, -0.2) is 4.98 Å². The highest BCUT2D eigenvalue weighted by Gasteiger charge is 2.34. The standard InChI is InChI=1S/C14H23N3O2/c1-3-4-12(17-8-6-15-11-17)9-13(18)16-7-5-14(2,19)10-16/h6,8,11-12,19H,3-5,7,9-10H2,1-2H3. The number of rotatable bonds is 5. The number of likely N-dealkylation sites (tertiary alicyclic amines) is 1. The summed E-state index contributed by atoms with van der Waals surface area (Å²) < 4.78 is 2.01. The Balaban J connectivity index is 1.96. The van der Waals surface area contributed by atoms with Gasteiger partial charge >= 0.3 is 0 Å². The van der Waals surface area contributed by atoms with Gasteiger partial charge in [0.1, 0.15) is 0 Å². The number of imidazole rings is 1. The van der Waals surface area contributed by atoms with E-state index >= 15 is 0 Å². The molecular weight excluding hydrogens is 242 g/mol.